The Balaban J connectivity index is 1.84. The van der Waals surface area contributed by atoms with Gasteiger partial charge >= 0.3 is 0 Å². The zero-order valence-electron chi connectivity index (χ0n) is 13.6. The molecule has 1 amide bonds. The van der Waals surface area contributed by atoms with Gasteiger partial charge in [-0.3, -0.25) is 4.79 Å². The van der Waals surface area contributed by atoms with Crippen LogP contribution < -0.4 is 5.43 Å². The molecule has 0 saturated heterocycles. The fourth-order valence-corrected chi connectivity index (χ4v) is 2.65. The molecule has 0 bridgehead atoms. The summed E-state index contributed by atoms with van der Waals surface area (Å²) in [5.74, 6) is -0.515. The van der Waals surface area contributed by atoms with Crippen molar-refractivity contribution in [3.8, 4) is 5.75 Å². The first kappa shape index (κ1) is 15.8. The monoisotopic (exact) mass is 321 g/mol. The minimum atomic E-state index is -0.447. The van der Waals surface area contributed by atoms with Crippen LogP contribution in [-0.4, -0.2) is 21.8 Å². The van der Waals surface area contributed by atoms with Crippen molar-refractivity contribution < 1.29 is 9.90 Å². The molecule has 0 aliphatic rings. The van der Waals surface area contributed by atoms with E-state index < -0.39 is 5.91 Å². The number of amides is 1. The zero-order chi connectivity index (χ0) is 17.1. The second-order valence-corrected chi connectivity index (χ2v) is 5.82. The van der Waals surface area contributed by atoms with Gasteiger partial charge in [0, 0.05) is 28.7 Å². The van der Waals surface area contributed by atoms with Gasteiger partial charge in [-0.15, -0.1) is 0 Å². The number of aromatic nitrogens is 1. The number of carbonyl (C=O) groups is 1. The van der Waals surface area contributed by atoms with Gasteiger partial charge in [-0.25, -0.2) is 5.43 Å². The van der Waals surface area contributed by atoms with Crippen LogP contribution in [0, 0.1) is 0 Å². The third-order valence-electron chi connectivity index (χ3n) is 3.85. The number of nitrogens with one attached hydrogen (secondary N) is 1. The highest BCUT2D eigenvalue weighted by atomic mass is 16.3. The minimum absolute atomic E-state index is 0.0680. The van der Waals surface area contributed by atoms with E-state index in [0.29, 0.717) is 6.04 Å². The highest BCUT2D eigenvalue weighted by Crippen LogP contribution is 2.23. The maximum absolute atomic E-state index is 12.0. The van der Waals surface area contributed by atoms with Crippen LogP contribution in [0.1, 0.15) is 35.8 Å². The van der Waals surface area contributed by atoms with Crippen LogP contribution >= 0.6 is 0 Å². The quantitative estimate of drug-likeness (QED) is 0.568. The fraction of sp³-hybridized carbons (Fsp3) is 0.158. The van der Waals surface area contributed by atoms with Crippen molar-refractivity contribution in [2.45, 2.75) is 19.9 Å². The summed E-state index contributed by atoms with van der Waals surface area (Å²) >= 11 is 0. The third kappa shape index (κ3) is 3.01. The number of fused-ring (bicyclic) bond motifs is 1. The van der Waals surface area contributed by atoms with Crippen molar-refractivity contribution in [3.05, 3.63) is 65.9 Å². The first-order chi connectivity index (χ1) is 11.6. The van der Waals surface area contributed by atoms with Crippen LogP contribution in [0.15, 0.2) is 59.8 Å². The molecular weight excluding hydrogens is 302 g/mol. The van der Waals surface area contributed by atoms with Crippen LogP contribution in [0.2, 0.25) is 0 Å². The van der Waals surface area contributed by atoms with E-state index in [2.05, 4.69) is 35.0 Å². The van der Waals surface area contributed by atoms with Crippen molar-refractivity contribution in [2.75, 3.05) is 0 Å². The van der Waals surface area contributed by atoms with Crippen LogP contribution in [0.25, 0.3) is 10.9 Å². The van der Waals surface area contributed by atoms with Gasteiger partial charge < -0.3 is 9.67 Å². The lowest BCUT2D eigenvalue weighted by Crippen LogP contribution is -2.17. The maximum Gasteiger partial charge on any atom is 0.275 e. The first-order valence-electron chi connectivity index (χ1n) is 7.79. The lowest BCUT2D eigenvalue weighted by atomic mass is 10.2. The lowest BCUT2D eigenvalue weighted by molar-refractivity contribution is 0.0952. The van der Waals surface area contributed by atoms with Gasteiger partial charge in [-0.2, -0.15) is 5.10 Å². The number of hydrazone groups is 1. The summed E-state index contributed by atoms with van der Waals surface area (Å²) in [6, 6.07) is 14.8. The highest BCUT2D eigenvalue weighted by molar-refractivity contribution is 6.01. The summed E-state index contributed by atoms with van der Waals surface area (Å²) in [5.41, 5.74) is 4.70. The average Bonchev–Trinajstić information content (AvgIpc) is 2.94. The summed E-state index contributed by atoms with van der Waals surface area (Å²) in [6.07, 6.45) is 3.64. The van der Waals surface area contributed by atoms with E-state index in [1.165, 1.54) is 6.07 Å². The fourth-order valence-electron chi connectivity index (χ4n) is 2.65. The van der Waals surface area contributed by atoms with E-state index in [4.69, 9.17) is 0 Å². The second-order valence-electron chi connectivity index (χ2n) is 5.82. The molecule has 0 unspecified atom stereocenters. The molecule has 0 aliphatic carbocycles. The number of carbonyl (C=O) groups excluding carboxylic acids is 1. The van der Waals surface area contributed by atoms with Crippen molar-refractivity contribution >= 4 is 23.0 Å². The number of nitrogens with zero attached hydrogens (tertiary/aromatic N) is 2. The van der Waals surface area contributed by atoms with E-state index >= 15 is 0 Å². The molecule has 5 heteroatoms. The molecule has 2 N–H and O–H groups in total. The Labute approximate surface area is 140 Å². The maximum atomic E-state index is 12.0. The minimum Gasteiger partial charge on any atom is -0.507 e. The van der Waals surface area contributed by atoms with Crippen LogP contribution in [-0.2, 0) is 0 Å². The topological polar surface area (TPSA) is 66.6 Å². The predicted molar refractivity (Wildman–Crippen MR) is 95.5 cm³/mol. The zero-order valence-corrected chi connectivity index (χ0v) is 13.6. The van der Waals surface area contributed by atoms with E-state index in [1.54, 1.807) is 24.4 Å². The number of benzene rings is 2. The Morgan fingerprint density at radius 2 is 1.88 bits per heavy atom. The van der Waals surface area contributed by atoms with Gasteiger partial charge in [-0.05, 0) is 32.0 Å². The number of para-hydroxylation sites is 2. The molecule has 0 spiro atoms. The van der Waals surface area contributed by atoms with Crippen LogP contribution in [0.3, 0.4) is 0 Å². The van der Waals surface area contributed by atoms with E-state index in [1.807, 2.05) is 24.4 Å². The molecule has 0 atom stereocenters. The molecule has 0 fully saturated rings. The Hall–Kier alpha value is -3.08. The van der Waals surface area contributed by atoms with Gasteiger partial charge in [0.1, 0.15) is 5.75 Å². The first-order valence-corrected chi connectivity index (χ1v) is 7.79. The second kappa shape index (κ2) is 6.58. The number of hydrogen-bond acceptors (Lipinski definition) is 3. The van der Waals surface area contributed by atoms with Crippen molar-refractivity contribution in [1.29, 1.82) is 0 Å². The van der Waals surface area contributed by atoms with Crippen molar-refractivity contribution in [2.24, 2.45) is 5.10 Å². The molecule has 122 valence electrons. The lowest BCUT2D eigenvalue weighted by Gasteiger charge is -2.08. The Kier molecular flexibility index (Phi) is 4.33. The average molecular weight is 321 g/mol. The number of phenols is 1. The van der Waals surface area contributed by atoms with E-state index in [9.17, 15) is 9.90 Å². The van der Waals surface area contributed by atoms with Gasteiger partial charge in [0.2, 0.25) is 0 Å². The third-order valence-corrected chi connectivity index (χ3v) is 3.85. The van der Waals surface area contributed by atoms with E-state index in [-0.39, 0.29) is 11.3 Å². The summed E-state index contributed by atoms with van der Waals surface area (Å²) < 4.78 is 2.17. The summed E-state index contributed by atoms with van der Waals surface area (Å²) in [7, 11) is 0. The van der Waals surface area contributed by atoms with E-state index in [0.717, 1.165) is 16.5 Å². The molecule has 0 radical (unpaired) electrons. The molecule has 0 saturated carbocycles. The highest BCUT2D eigenvalue weighted by Gasteiger charge is 2.10. The van der Waals surface area contributed by atoms with Gasteiger partial charge in [0.05, 0.1) is 11.8 Å². The molecule has 1 aromatic heterocycles. The SMILES string of the molecule is CC(C)n1cc(C=NNC(=O)c2ccccc2O)c2ccccc21. The van der Waals surface area contributed by atoms with Crippen LogP contribution in [0.4, 0.5) is 0 Å². The van der Waals surface area contributed by atoms with Gasteiger partial charge in [0.25, 0.3) is 5.91 Å². The summed E-state index contributed by atoms with van der Waals surface area (Å²) in [6.45, 7) is 4.24. The normalized spacial score (nSPS) is 11.5. The van der Waals surface area contributed by atoms with Gasteiger partial charge in [-0.1, -0.05) is 30.3 Å². The van der Waals surface area contributed by atoms with Crippen molar-refractivity contribution in [3.63, 3.8) is 0 Å². The number of hydrogen-bond donors (Lipinski definition) is 2. The smallest absolute Gasteiger partial charge is 0.275 e. The molecule has 2 aromatic carbocycles. The molecule has 3 rings (SSSR count). The van der Waals surface area contributed by atoms with Crippen molar-refractivity contribution in [1.82, 2.24) is 9.99 Å². The molecule has 5 nitrogen and oxygen atoms in total. The number of aromatic hydroxyl groups is 1. The summed E-state index contributed by atoms with van der Waals surface area (Å²) in [4.78, 5) is 12.0. The molecule has 3 aromatic rings. The predicted octanol–water partition coefficient (Wildman–Crippen LogP) is 3.69. The van der Waals surface area contributed by atoms with Crippen LogP contribution in [0.5, 0.6) is 5.75 Å². The summed E-state index contributed by atoms with van der Waals surface area (Å²) in [5, 5.41) is 14.8. The number of phenolic OH excluding ortho intramolecular Hbond substituents is 1. The molecule has 0 aliphatic heterocycles. The molecular formula is C19H19N3O2. The Morgan fingerprint density at radius 1 is 1.17 bits per heavy atom. The number of rotatable bonds is 4. The molecule has 1 heterocycles. The Morgan fingerprint density at radius 3 is 2.62 bits per heavy atom. The Bertz CT molecular complexity index is 910. The van der Waals surface area contributed by atoms with Gasteiger partial charge in [0.15, 0.2) is 0 Å². The molecule has 24 heavy (non-hydrogen) atoms. The largest absolute Gasteiger partial charge is 0.507 e. The standard InChI is InChI=1S/C19H19N3O2/c1-13(2)22-12-14(15-7-3-5-9-17(15)22)11-20-21-19(24)16-8-4-6-10-18(16)23/h3-13,23H,1-2H3,(H,21,24).